The van der Waals surface area contributed by atoms with Crippen LogP contribution in [-0.4, -0.2) is 48.6 Å². The molecule has 0 aromatic rings. The Labute approximate surface area is 99.2 Å². The second kappa shape index (κ2) is 7.53. The van der Waals surface area contributed by atoms with E-state index in [0.717, 1.165) is 12.1 Å². The molecule has 0 spiro atoms. The average molecular weight is 230 g/mol. The molecule has 15 heavy (non-hydrogen) atoms. The summed E-state index contributed by atoms with van der Waals surface area (Å²) in [5.41, 5.74) is 0. The van der Waals surface area contributed by atoms with E-state index < -0.39 is 0 Å². The van der Waals surface area contributed by atoms with E-state index in [9.17, 15) is 0 Å². The molecule has 90 valence electrons. The molecule has 1 rings (SSSR count). The van der Waals surface area contributed by atoms with Gasteiger partial charge in [0.1, 0.15) is 0 Å². The zero-order valence-corrected chi connectivity index (χ0v) is 11.3. The van der Waals surface area contributed by atoms with E-state index in [-0.39, 0.29) is 0 Å². The molecule has 1 unspecified atom stereocenters. The fourth-order valence-electron chi connectivity index (χ4n) is 2.24. The standard InChI is InChI=1S/C12H26N2S/c1-4-7-13-12-5-8-14(9-6-12)11(2)10-15-3/h11-13H,4-10H2,1-3H3. The summed E-state index contributed by atoms with van der Waals surface area (Å²) in [4.78, 5) is 2.64. The zero-order chi connectivity index (χ0) is 11.1. The number of nitrogens with one attached hydrogen (secondary N) is 1. The zero-order valence-electron chi connectivity index (χ0n) is 10.5. The third kappa shape index (κ3) is 4.75. The van der Waals surface area contributed by atoms with Crippen molar-refractivity contribution in [2.75, 3.05) is 31.6 Å². The number of hydrogen-bond donors (Lipinski definition) is 1. The van der Waals surface area contributed by atoms with Crippen molar-refractivity contribution in [3.8, 4) is 0 Å². The molecule has 0 bridgehead atoms. The van der Waals surface area contributed by atoms with Crippen LogP contribution in [-0.2, 0) is 0 Å². The Morgan fingerprint density at radius 2 is 2.07 bits per heavy atom. The van der Waals surface area contributed by atoms with Crippen LogP contribution in [0.15, 0.2) is 0 Å². The molecule has 1 N–H and O–H groups in total. The van der Waals surface area contributed by atoms with E-state index in [1.165, 1.54) is 44.6 Å². The largest absolute Gasteiger partial charge is 0.314 e. The SMILES string of the molecule is CCCNC1CCN(C(C)CSC)CC1. The maximum Gasteiger partial charge on any atom is 0.0157 e. The Morgan fingerprint density at radius 3 is 2.60 bits per heavy atom. The highest BCUT2D eigenvalue weighted by Gasteiger charge is 2.21. The highest BCUT2D eigenvalue weighted by molar-refractivity contribution is 7.98. The van der Waals surface area contributed by atoms with Crippen molar-refractivity contribution in [3.63, 3.8) is 0 Å². The first kappa shape index (κ1) is 13.3. The minimum absolute atomic E-state index is 0.757. The van der Waals surface area contributed by atoms with Crippen molar-refractivity contribution in [2.45, 2.75) is 45.2 Å². The van der Waals surface area contributed by atoms with Crippen LogP contribution in [0.5, 0.6) is 0 Å². The van der Waals surface area contributed by atoms with Gasteiger partial charge >= 0.3 is 0 Å². The minimum atomic E-state index is 0.757. The maximum atomic E-state index is 3.63. The van der Waals surface area contributed by atoms with E-state index in [1.807, 2.05) is 11.8 Å². The third-order valence-corrected chi connectivity index (χ3v) is 4.06. The molecule has 0 aliphatic carbocycles. The second-order valence-corrected chi connectivity index (χ2v) is 5.48. The summed E-state index contributed by atoms with van der Waals surface area (Å²) < 4.78 is 0. The Kier molecular flexibility index (Phi) is 6.69. The van der Waals surface area contributed by atoms with Crippen LogP contribution in [0.2, 0.25) is 0 Å². The van der Waals surface area contributed by atoms with Crippen LogP contribution >= 0.6 is 11.8 Å². The Hall–Kier alpha value is 0.270. The first-order chi connectivity index (χ1) is 7.27. The fraction of sp³-hybridized carbons (Fsp3) is 1.00. The van der Waals surface area contributed by atoms with Gasteiger partial charge in [-0.1, -0.05) is 6.92 Å². The number of piperidine rings is 1. The van der Waals surface area contributed by atoms with Gasteiger partial charge in [-0.3, -0.25) is 4.90 Å². The van der Waals surface area contributed by atoms with Crippen LogP contribution in [0.4, 0.5) is 0 Å². The molecule has 0 aromatic carbocycles. The summed E-state index contributed by atoms with van der Waals surface area (Å²) in [5.74, 6) is 1.27. The first-order valence-electron chi connectivity index (χ1n) is 6.24. The van der Waals surface area contributed by atoms with Crippen molar-refractivity contribution in [1.29, 1.82) is 0 Å². The van der Waals surface area contributed by atoms with Gasteiger partial charge in [-0.05, 0) is 52.1 Å². The summed E-state index contributed by atoms with van der Waals surface area (Å²) in [6.07, 6.45) is 6.12. The van der Waals surface area contributed by atoms with Crippen LogP contribution < -0.4 is 5.32 Å². The molecule has 0 radical (unpaired) electrons. The van der Waals surface area contributed by atoms with Gasteiger partial charge in [-0.2, -0.15) is 11.8 Å². The summed E-state index contributed by atoms with van der Waals surface area (Å²) in [7, 11) is 0. The van der Waals surface area contributed by atoms with Gasteiger partial charge in [-0.25, -0.2) is 0 Å². The van der Waals surface area contributed by atoms with E-state index >= 15 is 0 Å². The summed E-state index contributed by atoms with van der Waals surface area (Å²) in [6.45, 7) is 8.34. The topological polar surface area (TPSA) is 15.3 Å². The number of hydrogen-bond acceptors (Lipinski definition) is 3. The average Bonchev–Trinajstić information content (AvgIpc) is 2.27. The Bertz CT molecular complexity index is 156. The van der Waals surface area contributed by atoms with E-state index in [2.05, 4.69) is 30.3 Å². The lowest BCUT2D eigenvalue weighted by Gasteiger charge is -2.36. The third-order valence-electron chi connectivity index (χ3n) is 3.24. The molecule has 1 aliphatic rings. The lowest BCUT2D eigenvalue weighted by atomic mass is 10.0. The molecule has 2 nitrogen and oxygen atoms in total. The molecule has 1 aliphatic heterocycles. The molecule has 3 heteroatoms. The molecule has 1 fully saturated rings. The Morgan fingerprint density at radius 1 is 1.40 bits per heavy atom. The van der Waals surface area contributed by atoms with Crippen molar-refractivity contribution in [3.05, 3.63) is 0 Å². The van der Waals surface area contributed by atoms with Gasteiger partial charge in [0.25, 0.3) is 0 Å². The van der Waals surface area contributed by atoms with Crippen molar-refractivity contribution < 1.29 is 0 Å². The number of thioether (sulfide) groups is 1. The number of nitrogens with zero attached hydrogens (tertiary/aromatic N) is 1. The van der Waals surface area contributed by atoms with E-state index in [4.69, 9.17) is 0 Å². The highest BCUT2D eigenvalue weighted by Crippen LogP contribution is 2.15. The summed E-state index contributed by atoms with van der Waals surface area (Å²) in [6, 6.07) is 1.54. The minimum Gasteiger partial charge on any atom is -0.314 e. The smallest absolute Gasteiger partial charge is 0.0157 e. The van der Waals surface area contributed by atoms with Crippen LogP contribution in [0, 0.1) is 0 Å². The van der Waals surface area contributed by atoms with E-state index in [0.29, 0.717) is 0 Å². The molecule has 1 atom stereocenters. The Balaban J connectivity index is 2.17. The lowest BCUT2D eigenvalue weighted by Crippen LogP contribution is -2.46. The number of likely N-dealkylation sites (tertiary alicyclic amines) is 1. The van der Waals surface area contributed by atoms with Crippen molar-refractivity contribution in [1.82, 2.24) is 10.2 Å². The van der Waals surface area contributed by atoms with Gasteiger partial charge in [-0.15, -0.1) is 0 Å². The van der Waals surface area contributed by atoms with Gasteiger partial charge in [0.05, 0.1) is 0 Å². The van der Waals surface area contributed by atoms with Gasteiger partial charge in [0.15, 0.2) is 0 Å². The van der Waals surface area contributed by atoms with Crippen molar-refractivity contribution >= 4 is 11.8 Å². The molecule has 0 aromatic heterocycles. The van der Waals surface area contributed by atoms with Crippen LogP contribution in [0.1, 0.15) is 33.1 Å². The quantitative estimate of drug-likeness (QED) is 0.753. The highest BCUT2D eigenvalue weighted by atomic mass is 32.2. The normalized spacial score (nSPS) is 21.8. The van der Waals surface area contributed by atoms with Crippen LogP contribution in [0.25, 0.3) is 0 Å². The monoisotopic (exact) mass is 230 g/mol. The lowest BCUT2D eigenvalue weighted by molar-refractivity contribution is 0.164. The number of rotatable bonds is 6. The van der Waals surface area contributed by atoms with Crippen LogP contribution in [0.3, 0.4) is 0 Å². The predicted octanol–water partition coefficient (Wildman–Crippen LogP) is 2.20. The van der Waals surface area contributed by atoms with Gasteiger partial charge in [0, 0.05) is 17.8 Å². The molecule has 0 amide bonds. The predicted molar refractivity (Wildman–Crippen MR) is 70.7 cm³/mol. The fourth-order valence-corrected chi connectivity index (χ4v) is 2.93. The summed E-state index contributed by atoms with van der Waals surface area (Å²) in [5, 5.41) is 3.63. The molecule has 1 heterocycles. The summed E-state index contributed by atoms with van der Waals surface area (Å²) >= 11 is 1.96. The molecular weight excluding hydrogens is 204 g/mol. The maximum absolute atomic E-state index is 3.63. The van der Waals surface area contributed by atoms with Crippen molar-refractivity contribution in [2.24, 2.45) is 0 Å². The molecular formula is C12H26N2S. The second-order valence-electron chi connectivity index (χ2n) is 4.57. The van der Waals surface area contributed by atoms with E-state index in [1.54, 1.807) is 0 Å². The molecule has 0 saturated carbocycles. The first-order valence-corrected chi connectivity index (χ1v) is 7.63. The van der Waals surface area contributed by atoms with Gasteiger partial charge < -0.3 is 5.32 Å². The van der Waals surface area contributed by atoms with Gasteiger partial charge in [0.2, 0.25) is 0 Å². The molecule has 1 saturated heterocycles.